The zero-order chi connectivity index (χ0) is 33.5. The Morgan fingerprint density at radius 2 is 1.70 bits per heavy atom. The van der Waals surface area contributed by atoms with E-state index in [2.05, 4.69) is 40.3 Å². The summed E-state index contributed by atoms with van der Waals surface area (Å²) in [5.74, 6) is 0.695. The molecule has 3 heterocycles. The predicted molar refractivity (Wildman–Crippen MR) is 185 cm³/mol. The summed E-state index contributed by atoms with van der Waals surface area (Å²) >= 11 is 1.75. The van der Waals surface area contributed by atoms with Crippen molar-refractivity contribution in [2.75, 3.05) is 39.0 Å². The molecule has 3 aliphatic rings. The number of aromatic nitrogens is 1. The molecule has 0 spiro atoms. The molecule has 2 aromatic rings. The minimum atomic E-state index is -0.237. The second kappa shape index (κ2) is 16.2. The van der Waals surface area contributed by atoms with Gasteiger partial charge in [0.25, 0.3) is 11.8 Å². The molecule has 1 aliphatic carbocycles. The number of unbranched alkanes of at least 4 members (excludes halogenated alkanes) is 2. The van der Waals surface area contributed by atoms with E-state index in [1.54, 1.807) is 11.8 Å². The summed E-state index contributed by atoms with van der Waals surface area (Å²) in [6.45, 7) is 6.46. The van der Waals surface area contributed by atoms with Crippen LogP contribution in [0.25, 0.3) is 10.9 Å². The second-order valence-electron chi connectivity index (χ2n) is 13.5. The Morgan fingerprint density at radius 1 is 0.957 bits per heavy atom. The molecule has 0 bridgehead atoms. The number of amides is 4. The first-order valence-corrected chi connectivity index (χ1v) is 18.6. The van der Waals surface area contributed by atoms with Gasteiger partial charge in [0.1, 0.15) is 5.75 Å². The number of nitrogens with zero attached hydrogens (tertiary/aromatic N) is 3. The van der Waals surface area contributed by atoms with Crippen LogP contribution in [0.5, 0.6) is 5.75 Å². The third-order valence-corrected chi connectivity index (χ3v) is 11.2. The second-order valence-corrected chi connectivity index (χ2v) is 14.3. The number of phenolic OH excluding ortho intramolecular Hbond substituents is 1. The highest BCUT2D eigenvalue weighted by molar-refractivity contribution is 7.98. The van der Waals surface area contributed by atoms with E-state index >= 15 is 0 Å². The molecule has 256 valence electrons. The highest BCUT2D eigenvalue weighted by Gasteiger charge is 2.31. The number of thioether (sulfide) groups is 1. The Morgan fingerprint density at radius 3 is 2.40 bits per heavy atom. The fraction of sp³-hybridized carbons (Fsp3) is 0.611. The van der Waals surface area contributed by atoms with E-state index in [-0.39, 0.29) is 35.5 Å². The molecule has 1 aromatic carbocycles. The molecule has 1 saturated heterocycles. The molecule has 0 unspecified atom stereocenters. The molecule has 47 heavy (non-hydrogen) atoms. The third-order valence-electron chi connectivity index (χ3n) is 10.3. The summed E-state index contributed by atoms with van der Waals surface area (Å²) in [5, 5.41) is 19.5. The molecular weight excluding hydrogens is 614 g/mol. The lowest BCUT2D eigenvalue weighted by atomic mass is 9.81. The first-order valence-electron chi connectivity index (χ1n) is 17.4. The van der Waals surface area contributed by atoms with Crippen molar-refractivity contribution in [3.8, 4) is 5.75 Å². The van der Waals surface area contributed by atoms with Crippen molar-refractivity contribution in [2.24, 2.45) is 24.8 Å². The summed E-state index contributed by atoms with van der Waals surface area (Å²) < 4.78 is 2.23. The summed E-state index contributed by atoms with van der Waals surface area (Å²) in [7, 11) is 2.09. The molecule has 1 saturated carbocycles. The number of rotatable bonds is 15. The van der Waals surface area contributed by atoms with Crippen LogP contribution in [-0.2, 0) is 39.2 Å². The number of carbonyl (C=O) groups is 4. The molecule has 5 rings (SSSR count). The van der Waals surface area contributed by atoms with E-state index in [9.17, 15) is 24.3 Å². The molecule has 0 radical (unpaired) electrons. The van der Waals surface area contributed by atoms with Crippen molar-refractivity contribution in [2.45, 2.75) is 82.7 Å². The normalized spacial score (nSPS) is 21.7. The van der Waals surface area contributed by atoms with Crippen LogP contribution in [0.1, 0.15) is 75.8 Å². The molecule has 10 nitrogen and oxygen atoms in total. The molecule has 4 amide bonds. The van der Waals surface area contributed by atoms with Gasteiger partial charge in [-0.05, 0) is 93.7 Å². The summed E-state index contributed by atoms with van der Waals surface area (Å²) in [5.41, 5.74) is 3.44. The number of fused-ring (bicyclic) bond motifs is 1. The van der Waals surface area contributed by atoms with Crippen LogP contribution < -0.4 is 10.6 Å². The lowest BCUT2D eigenvalue weighted by molar-refractivity contribution is -0.138. The molecule has 2 fully saturated rings. The standard InChI is InChI=1S/C36H51N5O5S/c1-4-27-28-13-14-30(42)29(34(28)39(2)36(27)47-3)23-40-19-17-25(21-40)20-38-31(43)8-6-5-7-18-37-35(46)26-11-9-24(10-12-26)22-41-32(44)15-16-33(41)45/h13-16,24-26,42H,4-12,17-23H2,1-3H3,(H,37,46)(H,38,43)/t24?,25-,26?/m1/s1. The number of hydrogen-bond donors (Lipinski definition) is 3. The van der Waals surface area contributed by atoms with Crippen molar-refractivity contribution in [3.05, 3.63) is 35.4 Å². The first-order chi connectivity index (χ1) is 22.7. The zero-order valence-corrected chi connectivity index (χ0v) is 29.0. The quantitative estimate of drug-likeness (QED) is 0.145. The predicted octanol–water partition coefficient (Wildman–Crippen LogP) is 4.51. The smallest absolute Gasteiger partial charge is 0.253 e. The number of carbonyl (C=O) groups excluding carboxylic acids is 4. The van der Waals surface area contributed by atoms with Crippen LogP contribution >= 0.6 is 11.8 Å². The topological polar surface area (TPSA) is 124 Å². The maximum Gasteiger partial charge on any atom is 0.253 e. The van der Waals surface area contributed by atoms with Gasteiger partial charge in [-0.25, -0.2) is 0 Å². The fourth-order valence-corrected chi connectivity index (χ4v) is 8.51. The van der Waals surface area contributed by atoms with Gasteiger partial charge in [0, 0.05) is 75.2 Å². The van der Waals surface area contributed by atoms with E-state index in [0.717, 1.165) is 82.0 Å². The van der Waals surface area contributed by atoms with Gasteiger partial charge in [-0.2, -0.15) is 0 Å². The number of hydrogen-bond acceptors (Lipinski definition) is 7. The molecule has 3 N–H and O–H groups in total. The van der Waals surface area contributed by atoms with Gasteiger partial charge in [0.15, 0.2) is 0 Å². The lowest BCUT2D eigenvalue weighted by Crippen LogP contribution is -2.38. The summed E-state index contributed by atoms with van der Waals surface area (Å²) in [4.78, 5) is 52.5. The number of likely N-dealkylation sites (tertiary alicyclic amines) is 1. The van der Waals surface area contributed by atoms with Gasteiger partial charge in [0.2, 0.25) is 11.8 Å². The number of aromatic hydroxyl groups is 1. The van der Waals surface area contributed by atoms with Crippen molar-refractivity contribution in [1.82, 2.24) is 25.0 Å². The van der Waals surface area contributed by atoms with Crippen molar-refractivity contribution in [1.29, 1.82) is 0 Å². The van der Waals surface area contributed by atoms with Crippen LogP contribution in [0.2, 0.25) is 0 Å². The Kier molecular flexibility index (Phi) is 12.1. The molecule has 11 heteroatoms. The maximum atomic E-state index is 12.6. The number of benzene rings is 1. The van der Waals surface area contributed by atoms with Crippen LogP contribution in [0.4, 0.5) is 0 Å². The summed E-state index contributed by atoms with van der Waals surface area (Å²) in [6.07, 6.45) is 13.0. The number of nitrogens with one attached hydrogen (secondary N) is 2. The number of aryl methyl sites for hydroxylation is 2. The average Bonchev–Trinajstić information content (AvgIpc) is 3.74. The Balaban J connectivity index is 0.938. The summed E-state index contributed by atoms with van der Waals surface area (Å²) in [6, 6.07) is 3.88. The minimum Gasteiger partial charge on any atom is -0.508 e. The Labute approximate surface area is 282 Å². The lowest BCUT2D eigenvalue weighted by Gasteiger charge is -2.30. The third kappa shape index (κ3) is 8.41. The van der Waals surface area contributed by atoms with E-state index in [1.165, 1.54) is 33.0 Å². The van der Waals surface area contributed by atoms with Gasteiger partial charge in [0.05, 0.1) is 10.5 Å². The van der Waals surface area contributed by atoms with Gasteiger partial charge >= 0.3 is 0 Å². The number of phenols is 1. The SMILES string of the molecule is CCc1c(SC)n(C)c2c(CN3CC[C@H](CNC(=O)CCCCCNC(=O)C4CCC(CN5C(=O)C=CC5=O)CC4)C3)c(O)ccc12. The van der Waals surface area contributed by atoms with E-state index in [4.69, 9.17) is 0 Å². The Bertz CT molecular complexity index is 1480. The molecule has 2 aliphatic heterocycles. The van der Waals surface area contributed by atoms with E-state index in [1.807, 2.05) is 12.1 Å². The van der Waals surface area contributed by atoms with Gasteiger partial charge in [-0.1, -0.05) is 13.3 Å². The monoisotopic (exact) mass is 665 g/mol. The number of imide groups is 1. The van der Waals surface area contributed by atoms with Crippen LogP contribution in [0.3, 0.4) is 0 Å². The minimum absolute atomic E-state index is 0.00823. The first kappa shape index (κ1) is 35.0. The highest BCUT2D eigenvalue weighted by Crippen LogP contribution is 2.38. The molecule has 1 aromatic heterocycles. The van der Waals surface area contributed by atoms with E-state index in [0.29, 0.717) is 44.3 Å². The molecule has 1 atom stereocenters. The zero-order valence-electron chi connectivity index (χ0n) is 28.2. The van der Waals surface area contributed by atoms with Crippen LogP contribution in [0.15, 0.2) is 29.3 Å². The Hall–Kier alpha value is -3.31. The van der Waals surface area contributed by atoms with Crippen molar-refractivity contribution < 1.29 is 24.3 Å². The van der Waals surface area contributed by atoms with Crippen LogP contribution in [0, 0.1) is 17.8 Å². The van der Waals surface area contributed by atoms with Crippen molar-refractivity contribution in [3.63, 3.8) is 0 Å². The fourth-order valence-electron chi connectivity index (χ4n) is 7.64. The van der Waals surface area contributed by atoms with Gasteiger partial charge in [-0.3, -0.25) is 29.0 Å². The largest absolute Gasteiger partial charge is 0.508 e. The van der Waals surface area contributed by atoms with Crippen LogP contribution in [-0.4, -0.2) is 82.1 Å². The van der Waals surface area contributed by atoms with Gasteiger partial charge in [-0.15, -0.1) is 11.8 Å². The van der Waals surface area contributed by atoms with E-state index < -0.39 is 0 Å². The average molecular weight is 666 g/mol. The molecular formula is C36H51N5O5S. The van der Waals surface area contributed by atoms with Gasteiger partial charge < -0.3 is 20.3 Å². The van der Waals surface area contributed by atoms with Crippen molar-refractivity contribution >= 4 is 46.3 Å². The highest BCUT2D eigenvalue weighted by atomic mass is 32.2. The maximum absolute atomic E-state index is 12.6.